The summed E-state index contributed by atoms with van der Waals surface area (Å²) in [7, 11) is 1.46. The fraction of sp³-hybridized carbons (Fsp3) is 0.909. The number of hydrogen-bond donors (Lipinski definition) is 0. The molecule has 88 valence electrons. The maximum Gasteiger partial charge on any atom is 0.324 e. The zero-order valence-electron chi connectivity index (χ0n) is 10.2. The first-order valence-corrected chi connectivity index (χ1v) is 5.66. The zero-order chi connectivity index (χ0) is 11.4. The molecule has 4 nitrogen and oxygen atoms in total. The summed E-state index contributed by atoms with van der Waals surface area (Å²) in [5.74, 6) is -0.109. The first-order chi connectivity index (χ1) is 7.10. The molecule has 0 aliphatic carbocycles. The van der Waals surface area contributed by atoms with Crippen LogP contribution in [0.1, 0.15) is 20.8 Å². The molecule has 4 heteroatoms. The second-order valence-corrected chi connectivity index (χ2v) is 4.26. The number of esters is 1. The molecule has 0 spiro atoms. The predicted octanol–water partition coefficient (Wildman–Crippen LogP) is 0.574. The number of rotatable bonds is 3. The molecule has 0 radical (unpaired) electrons. The molecule has 1 saturated heterocycles. The molecule has 1 atom stereocenters. The molecular formula is C11H22N2O2. The van der Waals surface area contributed by atoms with Gasteiger partial charge in [-0.15, -0.1) is 0 Å². The van der Waals surface area contributed by atoms with Gasteiger partial charge in [-0.3, -0.25) is 9.69 Å². The summed E-state index contributed by atoms with van der Waals surface area (Å²) in [4.78, 5) is 16.2. The van der Waals surface area contributed by atoms with E-state index in [2.05, 4.69) is 30.6 Å². The van der Waals surface area contributed by atoms with Crippen molar-refractivity contribution in [1.29, 1.82) is 0 Å². The lowest BCUT2D eigenvalue weighted by Gasteiger charge is -2.41. The molecule has 0 bridgehead atoms. The highest BCUT2D eigenvalue weighted by atomic mass is 16.5. The molecule has 15 heavy (non-hydrogen) atoms. The number of methoxy groups -OCH3 is 1. The van der Waals surface area contributed by atoms with E-state index in [-0.39, 0.29) is 12.0 Å². The lowest BCUT2D eigenvalue weighted by atomic mass is 10.1. The van der Waals surface area contributed by atoms with Gasteiger partial charge in [0, 0.05) is 25.7 Å². The van der Waals surface area contributed by atoms with Crippen molar-refractivity contribution in [1.82, 2.24) is 9.80 Å². The van der Waals surface area contributed by atoms with Crippen molar-refractivity contribution in [2.45, 2.75) is 32.9 Å². The molecule has 0 aromatic heterocycles. The fourth-order valence-electron chi connectivity index (χ4n) is 2.10. The van der Waals surface area contributed by atoms with Crippen LogP contribution in [0.4, 0.5) is 0 Å². The van der Waals surface area contributed by atoms with E-state index < -0.39 is 0 Å². The van der Waals surface area contributed by atoms with E-state index in [1.54, 1.807) is 0 Å². The van der Waals surface area contributed by atoms with Gasteiger partial charge in [0.2, 0.25) is 0 Å². The van der Waals surface area contributed by atoms with Gasteiger partial charge in [0.1, 0.15) is 6.04 Å². The Labute approximate surface area is 92.2 Å². The number of piperazine rings is 1. The summed E-state index contributed by atoms with van der Waals surface area (Å²) in [5.41, 5.74) is 0. The van der Waals surface area contributed by atoms with Crippen molar-refractivity contribution >= 4 is 5.97 Å². The second kappa shape index (κ2) is 5.47. The average Bonchev–Trinajstić information content (AvgIpc) is 2.26. The second-order valence-electron chi connectivity index (χ2n) is 4.26. The van der Waals surface area contributed by atoms with Crippen LogP contribution >= 0.6 is 0 Å². The van der Waals surface area contributed by atoms with Crippen molar-refractivity contribution in [3.05, 3.63) is 0 Å². The standard InChI is InChI=1S/C11H22N2O2/c1-5-12-6-7-13(9(2)3)10(8-12)11(14)15-4/h9-10H,5-8H2,1-4H3. The van der Waals surface area contributed by atoms with Gasteiger partial charge >= 0.3 is 5.97 Å². The van der Waals surface area contributed by atoms with Crippen LogP contribution in [0, 0.1) is 0 Å². The normalized spacial score (nSPS) is 24.5. The van der Waals surface area contributed by atoms with Gasteiger partial charge in [0.05, 0.1) is 7.11 Å². The molecule has 0 aromatic carbocycles. The van der Waals surface area contributed by atoms with Crippen molar-refractivity contribution < 1.29 is 9.53 Å². The van der Waals surface area contributed by atoms with Gasteiger partial charge in [-0.1, -0.05) is 6.92 Å². The molecule has 0 N–H and O–H groups in total. The van der Waals surface area contributed by atoms with Gasteiger partial charge in [-0.2, -0.15) is 0 Å². The van der Waals surface area contributed by atoms with Gasteiger partial charge in [0.25, 0.3) is 0 Å². The van der Waals surface area contributed by atoms with Crippen LogP contribution in [0.25, 0.3) is 0 Å². The van der Waals surface area contributed by atoms with Gasteiger partial charge in [0.15, 0.2) is 0 Å². The number of carbonyl (C=O) groups is 1. The highest BCUT2D eigenvalue weighted by molar-refractivity contribution is 5.76. The number of nitrogens with zero attached hydrogens (tertiary/aromatic N) is 2. The molecule has 1 fully saturated rings. The van der Waals surface area contributed by atoms with E-state index in [1.807, 2.05) is 0 Å². The van der Waals surface area contributed by atoms with Crippen molar-refractivity contribution in [2.24, 2.45) is 0 Å². The fourth-order valence-corrected chi connectivity index (χ4v) is 2.10. The molecule has 1 rings (SSSR count). The Morgan fingerprint density at radius 2 is 2.13 bits per heavy atom. The minimum Gasteiger partial charge on any atom is -0.468 e. The number of ether oxygens (including phenoxy) is 1. The van der Waals surface area contributed by atoms with Crippen LogP contribution in [-0.2, 0) is 9.53 Å². The largest absolute Gasteiger partial charge is 0.468 e. The van der Waals surface area contributed by atoms with Crippen molar-refractivity contribution in [2.75, 3.05) is 33.3 Å². The van der Waals surface area contributed by atoms with E-state index >= 15 is 0 Å². The maximum atomic E-state index is 11.7. The Morgan fingerprint density at radius 3 is 2.60 bits per heavy atom. The minimum atomic E-state index is -0.109. The lowest BCUT2D eigenvalue weighted by Crippen LogP contribution is -2.58. The molecule has 1 unspecified atom stereocenters. The van der Waals surface area contributed by atoms with Crippen LogP contribution in [0.15, 0.2) is 0 Å². The van der Waals surface area contributed by atoms with Crippen molar-refractivity contribution in [3.63, 3.8) is 0 Å². The average molecular weight is 214 g/mol. The lowest BCUT2D eigenvalue weighted by molar-refractivity contribution is -0.150. The SMILES string of the molecule is CCN1CCN(C(C)C)C(C(=O)OC)C1. The minimum absolute atomic E-state index is 0.0938. The summed E-state index contributed by atoms with van der Waals surface area (Å²) in [5, 5.41) is 0. The monoisotopic (exact) mass is 214 g/mol. The quantitative estimate of drug-likeness (QED) is 0.643. The summed E-state index contributed by atoms with van der Waals surface area (Å²) in [6, 6.07) is 0.303. The molecule has 1 aliphatic rings. The molecule has 0 saturated carbocycles. The van der Waals surface area contributed by atoms with E-state index in [9.17, 15) is 4.79 Å². The highest BCUT2D eigenvalue weighted by Gasteiger charge is 2.33. The van der Waals surface area contributed by atoms with E-state index in [0.29, 0.717) is 6.04 Å². The van der Waals surface area contributed by atoms with Gasteiger partial charge < -0.3 is 9.64 Å². The first kappa shape index (κ1) is 12.5. The molecule has 0 amide bonds. The molecule has 1 heterocycles. The summed E-state index contributed by atoms with van der Waals surface area (Å²) in [6.45, 7) is 10.2. The highest BCUT2D eigenvalue weighted by Crippen LogP contribution is 2.14. The van der Waals surface area contributed by atoms with Crippen LogP contribution in [-0.4, -0.2) is 61.1 Å². The predicted molar refractivity (Wildman–Crippen MR) is 59.8 cm³/mol. The van der Waals surface area contributed by atoms with E-state index in [1.165, 1.54) is 7.11 Å². The Bertz CT molecular complexity index is 219. The summed E-state index contributed by atoms with van der Waals surface area (Å²) < 4.78 is 4.86. The third-order valence-corrected chi connectivity index (χ3v) is 3.09. The van der Waals surface area contributed by atoms with Crippen LogP contribution in [0.5, 0.6) is 0 Å². The van der Waals surface area contributed by atoms with Gasteiger partial charge in [-0.05, 0) is 20.4 Å². The summed E-state index contributed by atoms with van der Waals surface area (Å²) in [6.07, 6.45) is 0. The Balaban J connectivity index is 2.68. The van der Waals surface area contributed by atoms with Crippen LogP contribution in [0.3, 0.4) is 0 Å². The maximum absolute atomic E-state index is 11.7. The third kappa shape index (κ3) is 2.92. The van der Waals surface area contributed by atoms with E-state index in [4.69, 9.17) is 4.74 Å². The van der Waals surface area contributed by atoms with Crippen molar-refractivity contribution in [3.8, 4) is 0 Å². The summed E-state index contributed by atoms with van der Waals surface area (Å²) >= 11 is 0. The zero-order valence-corrected chi connectivity index (χ0v) is 10.2. The molecule has 1 aliphatic heterocycles. The third-order valence-electron chi connectivity index (χ3n) is 3.09. The Morgan fingerprint density at radius 1 is 1.47 bits per heavy atom. The molecular weight excluding hydrogens is 192 g/mol. The number of hydrogen-bond acceptors (Lipinski definition) is 4. The smallest absolute Gasteiger partial charge is 0.324 e. The first-order valence-electron chi connectivity index (χ1n) is 5.66. The van der Waals surface area contributed by atoms with Crippen LogP contribution < -0.4 is 0 Å². The Kier molecular flexibility index (Phi) is 4.54. The van der Waals surface area contributed by atoms with Gasteiger partial charge in [-0.25, -0.2) is 0 Å². The molecule has 0 aromatic rings. The van der Waals surface area contributed by atoms with Crippen LogP contribution in [0.2, 0.25) is 0 Å². The number of likely N-dealkylation sites (N-methyl/N-ethyl adjacent to an activating group) is 1. The van der Waals surface area contributed by atoms with E-state index in [0.717, 1.165) is 26.2 Å². The topological polar surface area (TPSA) is 32.8 Å². The number of carbonyl (C=O) groups excluding carboxylic acids is 1. The Hall–Kier alpha value is -0.610.